The zero-order valence-corrected chi connectivity index (χ0v) is 12.6. The molecule has 1 aliphatic carbocycles. The van der Waals surface area contributed by atoms with Gasteiger partial charge < -0.3 is 14.6 Å². The fraction of sp³-hybridized carbons (Fsp3) is 0.867. The summed E-state index contributed by atoms with van der Waals surface area (Å²) in [4.78, 5) is 4.74. The van der Waals surface area contributed by atoms with Gasteiger partial charge in [-0.1, -0.05) is 12.1 Å². The Bertz CT molecular complexity index is 446. The minimum absolute atomic E-state index is 0.114. The van der Waals surface area contributed by atoms with E-state index >= 15 is 0 Å². The van der Waals surface area contributed by atoms with Gasteiger partial charge in [0.05, 0.1) is 5.54 Å². The van der Waals surface area contributed by atoms with Crippen LogP contribution in [0.15, 0.2) is 4.52 Å². The average molecular weight is 279 g/mol. The summed E-state index contributed by atoms with van der Waals surface area (Å²) in [6.45, 7) is 5.94. The van der Waals surface area contributed by atoms with Gasteiger partial charge in [-0.25, -0.2) is 0 Å². The summed E-state index contributed by atoms with van der Waals surface area (Å²) in [5, 5.41) is 7.82. The van der Waals surface area contributed by atoms with Crippen LogP contribution in [0.25, 0.3) is 0 Å². The third kappa shape index (κ3) is 2.17. The Hall–Kier alpha value is -0.940. The third-order valence-electron chi connectivity index (χ3n) is 4.92. The average Bonchev–Trinajstić information content (AvgIpc) is 3.20. The van der Waals surface area contributed by atoms with Gasteiger partial charge in [-0.2, -0.15) is 4.98 Å². The van der Waals surface area contributed by atoms with E-state index in [0.717, 1.165) is 43.9 Å². The van der Waals surface area contributed by atoms with Gasteiger partial charge in [-0.05, 0) is 58.4 Å². The van der Waals surface area contributed by atoms with Gasteiger partial charge >= 0.3 is 0 Å². The molecule has 0 radical (unpaired) electrons. The van der Waals surface area contributed by atoms with Crippen LogP contribution in [0.3, 0.4) is 0 Å². The van der Waals surface area contributed by atoms with Gasteiger partial charge in [0, 0.05) is 6.61 Å². The van der Waals surface area contributed by atoms with Gasteiger partial charge in [0.15, 0.2) is 0 Å². The molecule has 2 fully saturated rings. The zero-order chi connectivity index (χ0) is 14.1. The molecule has 2 aliphatic rings. The van der Waals surface area contributed by atoms with Crippen LogP contribution in [0.4, 0.5) is 0 Å². The number of rotatable bonds is 5. The van der Waals surface area contributed by atoms with Gasteiger partial charge in [-0.15, -0.1) is 0 Å². The second-order valence-electron chi connectivity index (χ2n) is 6.02. The van der Waals surface area contributed by atoms with E-state index in [2.05, 4.69) is 17.4 Å². The Morgan fingerprint density at radius 3 is 2.60 bits per heavy atom. The molecule has 0 bridgehead atoms. The van der Waals surface area contributed by atoms with Crippen molar-refractivity contribution < 1.29 is 9.26 Å². The standard InChI is InChI=1S/C15H25N3O2/c1-3-14(8-7-11-16-14)13-17-12(18-20-13)15(19-4-2)9-5-6-10-15/h16H,3-11H2,1-2H3. The molecule has 1 aromatic heterocycles. The molecule has 5 heteroatoms. The highest BCUT2D eigenvalue weighted by molar-refractivity contribution is 5.11. The molecule has 1 N–H and O–H groups in total. The van der Waals surface area contributed by atoms with E-state index in [1.165, 1.54) is 19.3 Å². The van der Waals surface area contributed by atoms with Crippen LogP contribution in [-0.4, -0.2) is 23.3 Å². The lowest BCUT2D eigenvalue weighted by Crippen LogP contribution is -2.36. The molecule has 0 spiro atoms. The Labute approximate surface area is 120 Å². The minimum atomic E-state index is -0.302. The van der Waals surface area contributed by atoms with Crippen molar-refractivity contribution in [1.29, 1.82) is 0 Å². The van der Waals surface area contributed by atoms with Crippen LogP contribution in [0.5, 0.6) is 0 Å². The van der Waals surface area contributed by atoms with Crippen LogP contribution in [0.2, 0.25) is 0 Å². The lowest BCUT2D eigenvalue weighted by Gasteiger charge is -2.25. The number of aromatic nitrogens is 2. The van der Waals surface area contributed by atoms with Gasteiger partial charge in [0.1, 0.15) is 5.60 Å². The van der Waals surface area contributed by atoms with Crippen LogP contribution in [0, 0.1) is 0 Å². The van der Waals surface area contributed by atoms with Crippen molar-refractivity contribution in [1.82, 2.24) is 15.5 Å². The van der Waals surface area contributed by atoms with Crippen molar-refractivity contribution in [2.24, 2.45) is 0 Å². The summed E-state index contributed by atoms with van der Waals surface area (Å²) in [5.41, 5.74) is -0.415. The van der Waals surface area contributed by atoms with Gasteiger partial charge in [0.25, 0.3) is 0 Å². The maximum atomic E-state index is 6.01. The first kappa shape index (κ1) is 14.0. The van der Waals surface area contributed by atoms with Crippen LogP contribution < -0.4 is 5.32 Å². The van der Waals surface area contributed by atoms with Crippen LogP contribution in [0.1, 0.15) is 70.5 Å². The molecule has 0 aromatic carbocycles. The van der Waals surface area contributed by atoms with E-state index < -0.39 is 0 Å². The van der Waals surface area contributed by atoms with Crippen molar-refractivity contribution in [2.45, 2.75) is 69.9 Å². The predicted molar refractivity (Wildman–Crippen MR) is 75.3 cm³/mol. The highest BCUT2D eigenvalue weighted by Crippen LogP contribution is 2.42. The first-order chi connectivity index (χ1) is 9.75. The number of hydrogen-bond acceptors (Lipinski definition) is 5. The van der Waals surface area contributed by atoms with Crippen molar-refractivity contribution in [3.8, 4) is 0 Å². The van der Waals surface area contributed by atoms with Gasteiger partial charge in [-0.3, -0.25) is 0 Å². The van der Waals surface area contributed by atoms with Gasteiger partial charge in [0.2, 0.25) is 11.7 Å². The maximum Gasteiger partial charge on any atom is 0.247 e. The molecule has 1 unspecified atom stereocenters. The smallest absolute Gasteiger partial charge is 0.247 e. The molecule has 5 nitrogen and oxygen atoms in total. The van der Waals surface area contributed by atoms with E-state index in [1.807, 2.05) is 6.92 Å². The van der Waals surface area contributed by atoms with E-state index in [4.69, 9.17) is 14.2 Å². The summed E-state index contributed by atoms with van der Waals surface area (Å²) in [7, 11) is 0. The Kier molecular flexibility index (Phi) is 3.82. The fourth-order valence-corrected chi connectivity index (χ4v) is 3.70. The molecule has 1 saturated heterocycles. The zero-order valence-electron chi connectivity index (χ0n) is 12.6. The summed E-state index contributed by atoms with van der Waals surface area (Å²) in [5.74, 6) is 1.51. The lowest BCUT2D eigenvalue weighted by atomic mass is 9.94. The Balaban J connectivity index is 1.89. The number of hydrogen-bond donors (Lipinski definition) is 1. The Morgan fingerprint density at radius 2 is 2.00 bits per heavy atom. The quantitative estimate of drug-likeness (QED) is 0.898. The van der Waals surface area contributed by atoms with Crippen molar-refractivity contribution in [2.75, 3.05) is 13.2 Å². The summed E-state index contributed by atoms with van der Waals surface area (Å²) in [6, 6.07) is 0. The number of ether oxygens (including phenoxy) is 1. The summed E-state index contributed by atoms with van der Waals surface area (Å²) in [6.07, 6.45) is 7.60. The van der Waals surface area contributed by atoms with E-state index in [-0.39, 0.29) is 11.1 Å². The monoisotopic (exact) mass is 279 g/mol. The maximum absolute atomic E-state index is 6.01. The van der Waals surface area contributed by atoms with Crippen LogP contribution >= 0.6 is 0 Å². The third-order valence-corrected chi connectivity index (χ3v) is 4.92. The molecule has 1 atom stereocenters. The molecular formula is C15H25N3O2. The first-order valence-corrected chi connectivity index (χ1v) is 7.98. The highest BCUT2D eigenvalue weighted by atomic mass is 16.5. The largest absolute Gasteiger partial charge is 0.367 e. The summed E-state index contributed by atoms with van der Waals surface area (Å²) < 4.78 is 11.6. The highest BCUT2D eigenvalue weighted by Gasteiger charge is 2.44. The second-order valence-corrected chi connectivity index (χ2v) is 6.02. The molecule has 3 rings (SSSR count). The Morgan fingerprint density at radius 1 is 1.20 bits per heavy atom. The molecule has 1 aromatic rings. The van der Waals surface area contributed by atoms with Crippen molar-refractivity contribution in [3.63, 3.8) is 0 Å². The van der Waals surface area contributed by atoms with E-state index in [9.17, 15) is 0 Å². The number of nitrogens with zero attached hydrogens (tertiary/aromatic N) is 2. The van der Waals surface area contributed by atoms with E-state index in [0.29, 0.717) is 6.61 Å². The van der Waals surface area contributed by atoms with Crippen molar-refractivity contribution in [3.05, 3.63) is 11.7 Å². The molecular weight excluding hydrogens is 254 g/mol. The lowest BCUT2D eigenvalue weighted by molar-refractivity contribution is -0.0469. The molecule has 1 saturated carbocycles. The first-order valence-electron chi connectivity index (χ1n) is 7.98. The second kappa shape index (κ2) is 5.45. The van der Waals surface area contributed by atoms with Crippen LogP contribution in [-0.2, 0) is 15.9 Å². The SMILES string of the molecule is CCOC1(c2noc(C3(CC)CCCN3)n2)CCCC1. The van der Waals surface area contributed by atoms with E-state index in [1.54, 1.807) is 0 Å². The molecule has 112 valence electrons. The predicted octanol–water partition coefficient (Wildman–Crippen LogP) is 2.86. The molecule has 0 amide bonds. The molecule has 2 heterocycles. The number of nitrogens with one attached hydrogen (secondary N) is 1. The normalized spacial score (nSPS) is 29.1. The summed E-state index contributed by atoms with van der Waals surface area (Å²) >= 11 is 0. The fourth-order valence-electron chi connectivity index (χ4n) is 3.70. The van der Waals surface area contributed by atoms with Crippen molar-refractivity contribution >= 4 is 0 Å². The minimum Gasteiger partial charge on any atom is -0.367 e. The molecule has 20 heavy (non-hydrogen) atoms. The topological polar surface area (TPSA) is 60.2 Å². The molecule has 1 aliphatic heterocycles.